The fourth-order valence-corrected chi connectivity index (χ4v) is 1.60. The van der Waals surface area contributed by atoms with Crippen molar-refractivity contribution in [1.29, 1.82) is 0 Å². The van der Waals surface area contributed by atoms with Gasteiger partial charge in [-0.1, -0.05) is 6.92 Å². The Kier molecular flexibility index (Phi) is 4.29. The highest BCUT2D eigenvalue weighted by molar-refractivity contribution is 5.08. The first-order valence-corrected chi connectivity index (χ1v) is 5.36. The molecule has 0 fully saturated rings. The van der Waals surface area contributed by atoms with Gasteiger partial charge in [0.2, 0.25) is 0 Å². The zero-order chi connectivity index (χ0) is 11.3. The molecule has 0 radical (unpaired) electrons. The van der Waals surface area contributed by atoms with Crippen molar-refractivity contribution in [3.8, 4) is 0 Å². The molecule has 1 heterocycles. The van der Waals surface area contributed by atoms with Gasteiger partial charge in [-0.05, 0) is 18.9 Å². The third kappa shape index (κ3) is 3.32. The maximum atomic E-state index is 10.2. The summed E-state index contributed by atoms with van der Waals surface area (Å²) in [6.07, 6.45) is 5.05. The molecule has 1 aromatic heterocycles. The van der Waals surface area contributed by atoms with Gasteiger partial charge in [0.05, 0.1) is 18.4 Å². The minimum absolute atomic E-state index is 0.362. The van der Waals surface area contributed by atoms with E-state index in [-0.39, 0.29) is 0 Å². The maximum absolute atomic E-state index is 10.2. The number of rotatable bonds is 6. The molecule has 0 saturated heterocycles. The molecule has 15 heavy (non-hydrogen) atoms. The summed E-state index contributed by atoms with van der Waals surface area (Å²) >= 11 is 0. The van der Waals surface area contributed by atoms with Gasteiger partial charge in [0.15, 0.2) is 0 Å². The van der Waals surface area contributed by atoms with Crippen molar-refractivity contribution in [3.05, 3.63) is 18.0 Å². The summed E-state index contributed by atoms with van der Waals surface area (Å²) in [6.45, 7) is 5.22. The average Bonchev–Trinajstić information content (AvgIpc) is 2.66. The van der Waals surface area contributed by atoms with Gasteiger partial charge in [-0.2, -0.15) is 5.10 Å². The maximum Gasteiger partial charge on any atom is 0.0918 e. The lowest BCUT2D eigenvalue weighted by Gasteiger charge is -2.25. The van der Waals surface area contributed by atoms with E-state index in [1.165, 1.54) is 0 Å². The predicted molar refractivity (Wildman–Crippen MR) is 58.7 cm³/mol. The predicted octanol–water partition coefficient (Wildman–Crippen LogP) is 1.23. The van der Waals surface area contributed by atoms with E-state index in [0.29, 0.717) is 19.4 Å². The molecule has 4 nitrogen and oxygen atoms in total. The molecule has 86 valence electrons. The van der Waals surface area contributed by atoms with Crippen molar-refractivity contribution in [1.82, 2.24) is 9.78 Å². The number of ether oxygens (including phenoxy) is 1. The number of aliphatic hydroxyl groups is 1. The summed E-state index contributed by atoms with van der Waals surface area (Å²) in [5.74, 6) is 0. The number of aryl methyl sites for hydroxylation is 1. The van der Waals surface area contributed by atoms with Crippen molar-refractivity contribution in [3.63, 3.8) is 0 Å². The van der Waals surface area contributed by atoms with E-state index in [2.05, 4.69) is 5.10 Å². The molecule has 1 atom stereocenters. The molecular weight excluding hydrogens is 192 g/mol. The van der Waals surface area contributed by atoms with Gasteiger partial charge in [0, 0.05) is 26.3 Å². The highest BCUT2D eigenvalue weighted by atomic mass is 16.5. The molecule has 0 aliphatic carbocycles. The third-order valence-corrected chi connectivity index (χ3v) is 2.62. The van der Waals surface area contributed by atoms with Crippen LogP contribution in [0.4, 0.5) is 0 Å². The quantitative estimate of drug-likeness (QED) is 0.771. The number of methoxy groups -OCH3 is 1. The van der Waals surface area contributed by atoms with Crippen molar-refractivity contribution >= 4 is 0 Å². The molecule has 4 heteroatoms. The van der Waals surface area contributed by atoms with Crippen molar-refractivity contribution < 1.29 is 9.84 Å². The lowest BCUT2D eigenvalue weighted by Crippen LogP contribution is -2.35. The van der Waals surface area contributed by atoms with Gasteiger partial charge < -0.3 is 9.84 Å². The molecular formula is C11H20N2O2. The van der Waals surface area contributed by atoms with Gasteiger partial charge in [-0.3, -0.25) is 4.68 Å². The first kappa shape index (κ1) is 12.2. The fraction of sp³-hybridized carbons (Fsp3) is 0.727. The highest BCUT2D eigenvalue weighted by Crippen LogP contribution is 2.17. The topological polar surface area (TPSA) is 47.3 Å². The summed E-state index contributed by atoms with van der Waals surface area (Å²) in [4.78, 5) is 0. The van der Waals surface area contributed by atoms with Gasteiger partial charge in [0.25, 0.3) is 0 Å². The molecule has 0 aliphatic rings. The Balaban J connectivity index is 2.65. The molecule has 1 N–H and O–H groups in total. The Morgan fingerprint density at radius 3 is 2.73 bits per heavy atom. The van der Waals surface area contributed by atoms with Crippen LogP contribution in [-0.2, 0) is 17.7 Å². The second-order valence-electron chi connectivity index (χ2n) is 3.89. The summed E-state index contributed by atoms with van der Waals surface area (Å²) in [7, 11) is 1.61. The molecule has 0 spiro atoms. The van der Waals surface area contributed by atoms with Crippen LogP contribution >= 0.6 is 0 Å². The van der Waals surface area contributed by atoms with E-state index in [9.17, 15) is 5.11 Å². The zero-order valence-electron chi connectivity index (χ0n) is 9.73. The molecule has 0 aliphatic heterocycles. The van der Waals surface area contributed by atoms with E-state index in [1.54, 1.807) is 13.3 Å². The molecule has 0 aromatic carbocycles. The van der Waals surface area contributed by atoms with Crippen molar-refractivity contribution in [2.75, 3.05) is 13.7 Å². The lowest BCUT2D eigenvalue weighted by atomic mass is 9.94. The van der Waals surface area contributed by atoms with E-state index >= 15 is 0 Å². The van der Waals surface area contributed by atoms with Crippen LogP contribution in [0.15, 0.2) is 12.4 Å². The van der Waals surface area contributed by atoms with Gasteiger partial charge in [-0.25, -0.2) is 0 Å². The van der Waals surface area contributed by atoms with Crippen LogP contribution in [0.5, 0.6) is 0 Å². The molecule has 0 amide bonds. The first-order valence-electron chi connectivity index (χ1n) is 5.36. The number of aromatic nitrogens is 2. The smallest absolute Gasteiger partial charge is 0.0918 e. The van der Waals surface area contributed by atoms with E-state index in [4.69, 9.17) is 4.74 Å². The number of hydrogen-bond acceptors (Lipinski definition) is 3. The first-order chi connectivity index (χ1) is 7.13. The number of hydrogen-bond donors (Lipinski definition) is 1. The Hall–Kier alpha value is -0.870. The van der Waals surface area contributed by atoms with Gasteiger partial charge >= 0.3 is 0 Å². The third-order valence-electron chi connectivity index (χ3n) is 2.62. The van der Waals surface area contributed by atoms with Crippen LogP contribution in [0, 0.1) is 0 Å². The largest absolute Gasteiger partial charge is 0.387 e. The van der Waals surface area contributed by atoms with Crippen molar-refractivity contribution in [2.24, 2.45) is 0 Å². The van der Waals surface area contributed by atoms with E-state index in [1.807, 2.05) is 24.7 Å². The van der Waals surface area contributed by atoms with Gasteiger partial charge in [-0.15, -0.1) is 0 Å². The van der Waals surface area contributed by atoms with Crippen LogP contribution in [0.1, 0.15) is 25.8 Å². The Bertz CT molecular complexity index is 299. The van der Waals surface area contributed by atoms with Crippen molar-refractivity contribution in [2.45, 2.75) is 38.8 Å². The minimum atomic E-state index is -0.768. The zero-order valence-corrected chi connectivity index (χ0v) is 9.73. The second-order valence-corrected chi connectivity index (χ2v) is 3.89. The van der Waals surface area contributed by atoms with E-state index in [0.717, 1.165) is 12.1 Å². The number of nitrogens with zero attached hydrogens (tertiary/aromatic N) is 2. The van der Waals surface area contributed by atoms with Crippen LogP contribution in [0.25, 0.3) is 0 Å². The Labute approximate surface area is 90.9 Å². The van der Waals surface area contributed by atoms with Crippen LogP contribution in [0.2, 0.25) is 0 Å². The molecule has 1 unspecified atom stereocenters. The highest BCUT2D eigenvalue weighted by Gasteiger charge is 2.25. The molecule has 1 rings (SSSR count). The fourth-order valence-electron chi connectivity index (χ4n) is 1.60. The minimum Gasteiger partial charge on any atom is -0.387 e. The van der Waals surface area contributed by atoms with E-state index < -0.39 is 5.60 Å². The Morgan fingerprint density at radius 2 is 2.27 bits per heavy atom. The summed E-state index contributed by atoms with van der Waals surface area (Å²) in [6, 6.07) is 0. The normalized spacial score (nSPS) is 15.2. The second kappa shape index (κ2) is 5.28. The summed E-state index contributed by atoms with van der Waals surface area (Å²) < 4.78 is 6.89. The molecule has 0 saturated carbocycles. The summed E-state index contributed by atoms with van der Waals surface area (Å²) in [5, 5.41) is 14.4. The van der Waals surface area contributed by atoms with Crippen LogP contribution in [-0.4, -0.2) is 34.2 Å². The SMILES string of the molecule is CCn1cc(CC(O)(CC)COC)cn1. The molecule has 1 aromatic rings. The van der Waals surface area contributed by atoms with Crippen LogP contribution in [0.3, 0.4) is 0 Å². The van der Waals surface area contributed by atoms with Crippen LogP contribution < -0.4 is 0 Å². The molecule has 0 bridgehead atoms. The summed E-state index contributed by atoms with van der Waals surface area (Å²) in [5.41, 5.74) is 0.286. The van der Waals surface area contributed by atoms with Gasteiger partial charge in [0.1, 0.15) is 0 Å². The monoisotopic (exact) mass is 212 g/mol. The Morgan fingerprint density at radius 1 is 1.53 bits per heavy atom. The standard InChI is InChI=1S/C11H20N2O2/c1-4-11(14,9-15-3)6-10-7-12-13(5-2)8-10/h7-8,14H,4-6,9H2,1-3H3. The average molecular weight is 212 g/mol. The lowest BCUT2D eigenvalue weighted by molar-refractivity contribution is -0.0333.